The molecule has 1 unspecified atom stereocenters. The number of amides is 1. The molecule has 3 aromatic rings. The van der Waals surface area contributed by atoms with E-state index in [0.717, 1.165) is 27.5 Å². The summed E-state index contributed by atoms with van der Waals surface area (Å²) in [6.07, 6.45) is 1.48. The molecule has 0 bridgehead atoms. The molecule has 3 rings (SSSR count). The van der Waals surface area contributed by atoms with E-state index in [0.29, 0.717) is 17.7 Å². The molecule has 0 aliphatic rings. The van der Waals surface area contributed by atoms with Gasteiger partial charge in [-0.1, -0.05) is 6.07 Å². The van der Waals surface area contributed by atoms with Crippen LogP contribution in [0.1, 0.15) is 20.9 Å². The highest BCUT2D eigenvalue weighted by molar-refractivity contribution is 14.1. The highest BCUT2D eigenvalue weighted by atomic mass is 127. The number of nitrogens with two attached hydrogens (primary N) is 1. The van der Waals surface area contributed by atoms with Crippen molar-refractivity contribution >= 4 is 74.3 Å². The minimum absolute atomic E-state index is 0.365. The number of nitrogens with one attached hydrogen (secondary N) is 2. The number of hydrogen-bond acceptors (Lipinski definition) is 8. The van der Waals surface area contributed by atoms with Crippen LogP contribution in [0.2, 0.25) is 0 Å². The number of rotatable bonds is 9. The molecule has 2 aromatic heterocycles. The summed E-state index contributed by atoms with van der Waals surface area (Å²) in [7, 11) is 0. The molecule has 0 saturated heterocycles. The first-order chi connectivity index (χ1) is 13.5. The fourth-order valence-electron chi connectivity index (χ4n) is 2.69. The average molecular weight is 527 g/mol. The van der Waals surface area contributed by atoms with Gasteiger partial charge in [-0.2, -0.15) is 8.01 Å². The molecule has 0 aliphatic heterocycles. The lowest BCUT2D eigenvalue weighted by atomic mass is 10.1. The number of carbonyl (C=O) groups is 2. The van der Waals surface area contributed by atoms with E-state index in [1.54, 1.807) is 34.5 Å². The molecule has 0 saturated carbocycles. The molecular weight excluding hydrogens is 509 g/mol. The fraction of sp³-hybridized carbons (Fsp3) is 0.167. The third-order valence-electron chi connectivity index (χ3n) is 4.00. The molecule has 146 valence electrons. The number of thiophene rings is 1. The lowest BCUT2D eigenvalue weighted by molar-refractivity contribution is -0.109. The smallest absolute Gasteiger partial charge is 0.250 e. The molecular formula is C18H18IN5O2S2. The van der Waals surface area contributed by atoms with Gasteiger partial charge in [0, 0.05) is 34.2 Å². The molecule has 7 nitrogen and oxygen atoms in total. The molecule has 1 amide bonds. The van der Waals surface area contributed by atoms with E-state index >= 15 is 0 Å². The molecule has 0 spiro atoms. The lowest BCUT2D eigenvalue weighted by Crippen LogP contribution is -2.43. The van der Waals surface area contributed by atoms with E-state index in [1.807, 2.05) is 53.4 Å². The van der Waals surface area contributed by atoms with Crippen molar-refractivity contribution in [3.05, 3.63) is 57.9 Å². The number of aryl methyl sites for hydroxylation is 1. The molecule has 1 aromatic carbocycles. The van der Waals surface area contributed by atoms with Crippen molar-refractivity contribution in [3.63, 3.8) is 0 Å². The zero-order valence-electron chi connectivity index (χ0n) is 14.9. The van der Waals surface area contributed by atoms with Crippen molar-refractivity contribution < 1.29 is 9.59 Å². The number of hydrazine groups is 1. The first-order valence-corrected chi connectivity index (χ1v) is 11.0. The monoisotopic (exact) mass is 527 g/mol. The maximum absolute atomic E-state index is 11.9. The largest absolute Gasteiger partial charge is 0.366 e. The van der Waals surface area contributed by atoms with Crippen molar-refractivity contribution in [1.82, 2.24) is 8.01 Å². The Morgan fingerprint density at radius 1 is 1.39 bits per heavy atom. The molecule has 28 heavy (non-hydrogen) atoms. The molecule has 0 radical (unpaired) electrons. The maximum Gasteiger partial charge on any atom is 0.250 e. The van der Waals surface area contributed by atoms with Gasteiger partial charge in [-0.15, -0.1) is 11.3 Å². The Labute approximate surface area is 184 Å². The fourth-order valence-corrected chi connectivity index (χ4v) is 4.76. The Kier molecular flexibility index (Phi) is 6.99. The van der Waals surface area contributed by atoms with E-state index in [2.05, 4.69) is 13.3 Å². The number of anilines is 3. The van der Waals surface area contributed by atoms with Crippen molar-refractivity contribution in [2.45, 2.75) is 19.4 Å². The summed E-state index contributed by atoms with van der Waals surface area (Å²) in [4.78, 5) is 24.7. The summed E-state index contributed by atoms with van der Waals surface area (Å²) < 4.78 is 7.29. The standard InChI is InChI=1S/C18H18IN5O2S2/c1-11-7-17(28-22-11)21-16-9-12(4-5-15(16)18(20)26)24(23-19)13(10-25)8-14-3-2-6-27-14/h2-7,9-10,13,21,23H,8H2,1H3,(H2,20,26). The number of primary amides is 1. The Morgan fingerprint density at radius 2 is 2.21 bits per heavy atom. The summed E-state index contributed by atoms with van der Waals surface area (Å²) in [5, 5.41) is 7.76. The Balaban J connectivity index is 1.93. The minimum atomic E-state index is -0.533. The highest BCUT2D eigenvalue weighted by Crippen LogP contribution is 2.29. The second kappa shape index (κ2) is 9.45. The highest BCUT2D eigenvalue weighted by Gasteiger charge is 2.21. The van der Waals surface area contributed by atoms with Gasteiger partial charge in [-0.25, -0.2) is 0 Å². The van der Waals surface area contributed by atoms with E-state index in [4.69, 9.17) is 5.73 Å². The summed E-state index contributed by atoms with van der Waals surface area (Å²) in [5.74, 6) is -0.533. The summed E-state index contributed by atoms with van der Waals surface area (Å²) in [6, 6.07) is 10.7. The van der Waals surface area contributed by atoms with Crippen molar-refractivity contribution in [2.75, 3.05) is 10.3 Å². The number of halogens is 1. The molecule has 0 aliphatic carbocycles. The van der Waals surface area contributed by atoms with E-state index in [1.165, 1.54) is 11.5 Å². The van der Waals surface area contributed by atoms with E-state index in [9.17, 15) is 9.59 Å². The van der Waals surface area contributed by atoms with Crippen molar-refractivity contribution in [3.8, 4) is 0 Å². The lowest BCUT2D eigenvalue weighted by Gasteiger charge is -2.28. The topological polar surface area (TPSA) is 100 Å². The SMILES string of the molecule is Cc1cc(Nc2cc(N(NI)C(C=O)Cc3cccs3)ccc2C(N)=O)sn1. The number of hydrogen-bond donors (Lipinski definition) is 3. The number of aldehydes is 1. The minimum Gasteiger partial charge on any atom is -0.366 e. The van der Waals surface area contributed by atoms with Gasteiger partial charge < -0.3 is 15.8 Å². The van der Waals surface area contributed by atoms with Crippen LogP contribution in [0.3, 0.4) is 0 Å². The van der Waals surface area contributed by atoms with Gasteiger partial charge in [0.25, 0.3) is 5.91 Å². The van der Waals surface area contributed by atoms with Gasteiger partial charge in [0.1, 0.15) is 17.3 Å². The van der Waals surface area contributed by atoms with Crippen molar-refractivity contribution in [1.29, 1.82) is 0 Å². The van der Waals surface area contributed by atoms with E-state index < -0.39 is 11.9 Å². The Bertz CT molecular complexity index is 961. The van der Waals surface area contributed by atoms with Crippen LogP contribution in [0.15, 0.2) is 41.8 Å². The van der Waals surface area contributed by atoms with Crippen LogP contribution in [-0.4, -0.2) is 22.6 Å². The summed E-state index contributed by atoms with van der Waals surface area (Å²) >= 11 is 4.90. The maximum atomic E-state index is 11.9. The number of aromatic nitrogens is 1. The van der Waals surface area contributed by atoms with Gasteiger partial charge in [0.2, 0.25) is 0 Å². The van der Waals surface area contributed by atoms with Gasteiger partial charge in [-0.05, 0) is 54.2 Å². The van der Waals surface area contributed by atoms with Crippen LogP contribution in [0, 0.1) is 6.92 Å². The van der Waals surface area contributed by atoms with Crippen LogP contribution in [0.5, 0.6) is 0 Å². The van der Waals surface area contributed by atoms with Crippen molar-refractivity contribution in [2.24, 2.45) is 5.73 Å². The molecule has 2 heterocycles. The van der Waals surface area contributed by atoms with Crippen LogP contribution < -0.4 is 19.7 Å². The van der Waals surface area contributed by atoms with E-state index in [-0.39, 0.29) is 0 Å². The first kappa shape index (κ1) is 20.7. The number of carbonyl (C=O) groups excluding carboxylic acids is 2. The zero-order valence-corrected chi connectivity index (χ0v) is 18.7. The third-order valence-corrected chi connectivity index (χ3v) is 6.22. The average Bonchev–Trinajstić information content (AvgIpc) is 3.33. The Morgan fingerprint density at radius 3 is 2.79 bits per heavy atom. The summed E-state index contributed by atoms with van der Waals surface area (Å²) in [5.41, 5.74) is 8.08. The third kappa shape index (κ3) is 4.87. The zero-order chi connectivity index (χ0) is 20.1. The second-order valence-corrected chi connectivity index (χ2v) is 8.31. The van der Waals surface area contributed by atoms with Gasteiger partial charge in [0.05, 0.1) is 22.6 Å². The molecule has 1 atom stereocenters. The second-order valence-electron chi connectivity index (χ2n) is 5.99. The van der Waals surface area contributed by atoms with Gasteiger partial charge in [-0.3, -0.25) is 9.80 Å². The quantitative estimate of drug-likeness (QED) is 0.169. The number of benzene rings is 1. The van der Waals surface area contributed by atoms with Crippen LogP contribution in [0.25, 0.3) is 0 Å². The van der Waals surface area contributed by atoms with Gasteiger partial charge in [0.15, 0.2) is 0 Å². The molecule has 0 fully saturated rings. The normalized spacial score (nSPS) is 11.8. The molecule has 4 N–H and O–H groups in total. The summed E-state index contributed by atoms with van der Waals surface area (Å²) in [6.45, 7) is 1.90. The first-order valence-electron chi connectivity index (χ1n) is 8.29. The Hall–Kier alpha value is -2.02. The van der Waals surface area contributed by atoms with Crippen LogP contribution >= 0.6 is 45.7 Å². The van der Waals surface area contributed by atoms with Gasteiger partial charge >= 0.3 is 0 Å². The van der Waals surface area contributed by atoms with Crippen LogP contribution in [-0.2, 0) is 11.2 Å². The van der Waals surface area contributed by atoms with Crippen LogP contribution in [0.4, 0.5) is 16.4 Å². The molecule has 10 heteroatoms. The number of nitrogens with zero attached hydrogens (tertiary/aromatic N) is 2. The predicted molar refractivity (Wildman–Crippen MR) is 123 cm³/mol. The predicted octanol–water partition coefficient (Wildman–Crippen LogP) is 3.83.